The first-order chi connectivity index (χ1) is 8.24. The van der Waals surface area contributed by atoms with Gasteiger partial charge in [0, 0.05) is 13.1 Å². The van der Waals surface area contributed by atoms with E-state index in [0.717, 1.165) is 6.42 Å². The molecule has 0 amide bonds. The standard InChI is InChI=1S/C13H15FN2O/c1-2-11-9-16(5-6-17-11)13-4-3-10(8-15)7-12(13)14/h3-4,7,11H,2,5-6,9H2,1H3. The third-order valence-electron chi connectivity index (χ3n) is 3.01. The first-order valence-electron chi connectivity index (χ1n) is 5.80. The maximum Gasteiger partial charge on any atom is 0.147 e. The van der Waals surface area contributed by atoms with Gasteiger partial charge < -0.3 is 9.64 Å². The van der Waals surface area contributed by atoms with Crippen LogP contribution in [0.4, 0.5) is 10.1 Å². The highest BCUT2D eigenvalue weighted by Crippen LogP contribution is 2.23. The predicted octanol–water partition coefficient (Wildman–Crippen LogP) is 2.31. The van der Waals surface area contributed by atoms with E-state index in [1.807, 2.05) is 11.0 Å². The van der Waals surface area contributed by atoms with Crippen LogP contribution in [0.15, 0.2) is 18.2 Å². The van der Waals surface area contributed by atoms with E-state index in [1.54, 1.807) is 12.1 Å². The fourth-order valence-electron chi connectivity index (χ4n) is 2.02. The van der Waals surface area contributed by atoms with Crippen molar-refractivity contribution in [3.63, 3.8) is 0 Å². The second kappa shape index (κ2) is 5.15. The highest BCUT2D eigenvalue weighted by atomic mass is 19.1. The van der Waals surface area contributed by atoms with Crippen molar-refractivity contribution in [1.82, 2.24) is 0 Å². The molecule has 0 radical (unpaired) electrons. The molecule has 4 heteroatoms. The van der Waals surface area contributed by atoms with E-state index in [1.165, 1.54) is 6.07 Å². The Bertz CT molecular complexity index is 442. The van der Waals surface area contributed by atoms with E-state index in [2.05, 4.69) is 6.92 Å². The van der Waals surface area contributed by atoms with Crippen LogP contribution in [-0.2, 0) is 4.74 Å². The summed E-state index contributed by atoms with van der Waals surface area (Å²) in [6.45, 7) is 4.08. The van der Waals surface area contributed by atoms with Gasteiger partial charge in [-0.25, -0.2) is 4.39 Å². The Kier molecular flexibility index (Phi) is 3.60. The summed E-state index contributed by atoms with van der Waals surface area (Å²) in [7, 11) is 0. The number of hydrogen-bond donors (Lipinski definition) is 0. The molecule has 17 heavy (non-hydrogen) atoms. The minimum Gasteiger partial charge on any atom is -0.375 e. The number of nitrogens with zero attached hydrogens (tertiary/aromatic N) is 2. The van der Waals surface area contributed by atoms with Crippen LogP contribution in [-0.4, -0.2) is 25.8 Å². The van der Waals surface area contributed by atoms with Crippen LogP contribution in [0, 0.1) is 17.1 Å². The van der Waals surface area contributed by atoms with Crippen LogP contribution in [0.5, 0.6) is 0 Å². The fraction of sp³-hybridized carbons (Fsp3) is 0.462. The van der Waals surface area contributed by atoms with Gasteiger partial charge in [0.2, 0.25) is 0 Å². The Morgan fingerprint density at radius 1 is 1.59 bits per heavy atom. The molecule has 3 nitrogen and oxygen atoms in total. The average Bonchev–Trinajstić information content (AvgIpc) is 2.38. The van der Waals surface area contributed by atoms with Crippen molar-refractivity contribution in [2.75, 3.05) is 24.6 Å². The van der Waals surface area contributed by atoms with Crippen molar-refractivity contribution >= 4 is 5.69 Å². The van der Waals surface area contributed by atoms with Gasteiger partial charge in [-0.2, -0.15) is 5.26 Å². The van der Waals surface area contributed by atoms with Crippen LogP contribution in [0.1, 0.15) is 18.9 Å². The molecule has 0 saturated carbocycles. The van der Waals surface area contributed by atoms with Crippen LogP contribution >= 0.6 is 0 Å². The summed E-state index contributed by atoms with van der Waals surface area (Å²) in [6, 6.07) is 6.54. The Morgan fingerprint density at radius 2 is 2.41 bits per heavy atom. The first kappa shape index (κ1) is 11.9. The molecular weight excluding hydrogens is 219 g/mol. The van der Waals surface area contributed by atoms with Gasteiger partial charge in [-0.05, 0) is 24.6 Å². The molecule has 1 aliphatic rings. The molecule has 1 aromatic rings. The lowest BCUT2D eigenvalue weighted by Gasteiger charge is -2.34. The predicted molar refractivity (Wildman–Crippen MR) is 63.4 cm³/mol. The summed E-state index contributed by atoms with van der Waals surface area (Å²) in [5, 5.41) is 8.69. The molecule has 90 valence electrons. The Labute approximate surface area is 100 Å². The zero-order valence-electron chi connectivity index (χ0n) is 9.82. The molecule has 1 aromatic carbocycles. The fourth-order valence-corrected chi connectivity index (χ4v) is 2.02. The van der Waals surface area contributed by atoms with Gasteiger partial charge in [-0.1, -0.05) is 6.92 Å². The van der Waals surface area contributed by atoms with Crippen molar-refractivity contribution in [3.8, 4) is 6.07 Å². The number of nitriles is 1. The van der Waals surface area contributed by atoms with Crippen molar-refractivity contribution in [1.29, 1.82) is 5.26 Å². The smallest absolute Gasteiger partial charge is 0.147 e. The molecule has 1 heterocycles. The zero-order chi connectivity index (χ0) is 12.3. The van der Waals surface area contributed by atoms with Gasteiger partial charge in [0.05, 0.1) is 30.0 Å². The highest BCUT2D eigenvalue weighted by molar-refractivity contribution is 5.51. The Hall–Kier alpha value is -1.60. The lowest BCUT2D eigenvalue weighted by Crippen LogP contribution is -2.42. The van der Waals surface area contributed by atoms with Crippen molar-refractivity contribution in [2.45, 2.75) is 19.4 Å². The lowest BCUT2D eigenvalue weighted by molar-refractivity contribution is 0.0382. The van der Waals surface area contributed by atoms with E-state index in [4.69, 9.17) is 10.00 Å². The summed E-state index contributed by atoms with van der Waals surface area (Å²) in [5.41, 5.74) is 0.914. The van der Waals surface area contributed by atoms with Crippen LogP contribution < -0.4 is 4.90 Å². The lowest BCUT2D eigenvalue weighted by atomic mass is 10.1. The maximum atomic E-state index is 13.8. The highest BCUT2D eigenvalue weighted by Gasteiger charge is 2.21. The van der Waals surface area contributed by atoms with Gasteiger partial charge in [0.25, 0.3) is 0 Å². The molecule has 0 aliphatic carbocycles. The van der Waals surface area contributed by atoms with Crippen molar-refractivity contribution in [2.24, 2.45) is 0 Å². The van der Waals surface area contributed by atoms with Gasteiger partial charge in [-0.3, -0.25) is 0 Å². The third-order valence-corrected chi connectivity index (χ3v) is 3.01. The largest absolute Gasteiger partial charge is 0.375 e. The maximum absolute atomic E-state index is 13.8. The SMILES string of the molecule is CCC1CN(c2ccc(C#N)cc2F)CCO1. The summed E-state index contributed by atoms with van der Waals surface area (Å²) in [5.74, 6) is -0.333. The molecule has 0 spiro atoms. The minimum atomic E-state index is -0.333. The zero-order valence-corrected chi connectivity index (χ0v) is 9.82. The van der Waals surface area contributed by atoms with Crippen molar-refractivity contribution in [3.05, 3.63) is 29.6 Å². The van der Waals surface area contributed by atoms with E-state index < -0.39 is 0 Å². The van der Waals surface area contributed by atoms with Crippen LogP contribution in [0.2, 0.25) is 0 Å². The van der Waals surface area contributed by atoms with Crippen LogP contribution in [0.25, 0.3) is 0 Å². The number of anilines is 1. The number of hydrogen-bond acceptors (Lipinski definition) is 3. The molecule has 1 atom stereocenters. The number of benzene rings is 1. The second-order valence-electron chi connectivity index (χ2n) is 4.13. The van der Waals surface area contributed by atoms with E-state index in [0.29, 0.717) is 30.9 Å². The molecule has 1 unspecified atom stereocenters. The summed E-state index contributed by atoms with van der Waals surface area (Å²) >= 11 is 0. The summed E-state index contributed by atoms with van der Waals surface area (Å²) < 4.78 is 19.4. The molecule has 1 saturated heterocycles. The van der Waals surface area contributed by atoms with Gasteiger partial charge in [0.1, 0.15) is 5.82 Å². The molecule has 0 N–H and O–H groups in total. The first-order valence-corrected chi connectivity index (χ1v) is 5.80. The van der Waals surface area contributed by atoms with Crippen molar-refractivity contribution < 1.29 is 9.13 Å². The van der Waals surface area contributed by atoms with E-state index in [-0.39, 0.29) is 11.9 Å². The molecule has 1 aliphatic heterocycles. The summed E-state index contributed by atoms with van der Waals surface area (Å²) in [4.78, 5) is 1.98. The second-order valence-corrected chi connectivity index (χ2v) is 4.13. The quantitative estimate of drug-likeness (QED) is 0.787. The number of morpholine rings is 1. The Balaban J connectivity index is 2.19. The van der Waals surface area contributed by atoms with E-state index in [9.17, 15) is 4.39 Å². The topological polar surface area (TPSA) is 36.3 Å². The van der Waals surface area contributed by atoms with Gasteiger partial charge in [0.15, 0.2) is 0 Å². The van der Waals surface area contributed by atoms with Gasteiger partial charge in [-0.15, -0.1) is 0 Å². The number of ether oxygens (including phenoxy) is 1. The molecule has 2 rings (SSSR count). The minimum absolute atomic E-state index is 0.166. The molecule has 1 fully saturated rings. The normalized spacial score (nSPS) is 20.1. The van der Waals surface area contributed by atoms with Crippen LogP contribution in [0.3, 0.4) is 0 Å². The Morgan fingerprint density at radius 3 is 3.06 bits per heavy atom. The number of rotatable bonds is 2. The molecule has 0 bridgehead atoms. The molecule has 0 aromatic heterocycles. The van der Waals surface area contributed by atoms with Gasteiger partial charge >= 0.3 is 0 Å². The van der Waals surface area contributed by atoms with E-state index >= 15 is 0 Å². The third kappa shape index (κ3) is 2.56. The number of halogens is 1. The summed E-state index contributed by atoms with van der Waals surface area (Å²) in [6.07, 6.45) is 1.09. The molecular formula is C13H15FN2O. The average molecular weight is 234 g/mol. The monoisotopic (exact) mass is 234 g/mol.